The fourth-order valence-corrected chi connectivity index (χ4v) is 3.11. The summed E-state index contributed by atoms with van der Waals surface area (Å²) in [5, 5.41) is 11.7. The number of hydrogen-bond donors (Lipinski definition) is 3. The maximum atomic E-state index is 14.5. The van der Waals surface area contributed by atoms with Gasteiger partial charge in [0, 0.05) is 37.5 Å². The molecule has 1 aliphatic heterocycles. The van der Waals surface area contributed by atoms with Gasteiger partial charge in [-0.3, -0.25) is 19.1 Å². The normalized spacial score (nSPS) is 18.9. The Kier molecular flexibility index (Phi) is 5.32. The number of benzene rings is 1. The van der Waals surface area contributed by atoms with Gasteiger partial charge in [0.2, 0.25) is 5.91 Å². The second-order valence-electron chi connectivity index (χ2n) is 6.37. The number of nitrogens with zero attached hydrogens (tertiary/aromatic N) is 2. The molecule has 2 aromatic rings. The number of carbonyl (C=O) groups excluding carboxylic acids is 1. The Morgan fingerprint density at radius 3 is 2.68 bits per heavy atom. The number of nitrogen functional groups attached to an aromatic ring is 1. The predicted octanol–water partition coefficient (Wildman–Crippen LogP) is 1.26. The number of carboxylic acid groups (broad SMARTS) is 1. The summed E-state index contributed by atoms with van der Waals surface area (Å²) in [5.74, 6) is -1.42. The molecule has 9 nitrogen and oxygen atoms in total. The van der Waals surface area contributed by atoms with Crippen molar-refractivity contribution >= 4 is 23.4 Å². The van der Waals surface area contributed by atoms with Crippen molar-refractivity contribution in [1.29, 1.82) is 0 Å². The lowest BCUT2D eigenvalue weighted by molar-refractivity contribution is -0.120. The van der Waals surface area contributed by atoms with E-state index in [1.807, 2.05) is 0 Å². The number of anilines is 2. The Balaban J connectivity index is 1.80. The van der Waals surface area contributed by atoms with Crippen molar-refractivity contribution in [2.75, 3.05) is 24.7 Å². The zero-order valence-corrected chi connectivity index (χ0v) is 15.0. The van der Waals surface area contributed by atoms with Crippen molar-refractivity contribution in [2.45, 2.75) is 18.6 Å². The first kappa shape index (κ1) is 19.4. The molecule has 1 aromatic heterocycles. The lowest BCUT2D eigenvalue weighted by Gasteiger charge is -2.20. The van der Waals surface area contributed by atoms with Gasteiger partial charge in [0.1, 0.15) is 11.9 Å². The third kappa shape index (κ3) is 3.81. The molecule has 1 aromatic carbocycles. The number of rotatable bonds is 4. The van der Waals surface area contributed by atoms with Crippen LogP contribution in [0.25, 0.3) is 5.69 Å². The minimum Gasteiger partial charge on any atom is -0.465 e. The minimum atomic E-state index is -1.25. The van der Waals surface area contributed by atoms with Crippen LogP contribution in [-0.4, -0.2) is 52.4 Å². The van der Waals surface area contributed by atoms with Crippen molar-refractivity contribution in [3.8, 4) is 5.69 Å². The van der Waals surface area contributed by atoms with Gasteiger partial charge in [-0.1, -0.05) is 0 Å². The van der Waals surface area contributed by atoms with Crippen LogP contribution in [-0.2, 0) is 9.53 Å². The number of methoxy groups -OCH3 is 1. The van der Waals surface area contributed by atoms with E-state index < -0.39 is 35.5 Å². The van der Waals surface area contributed by atoms with E-state index in [-0.39, 0.29) is 24.3 Å². The van der Waals surface area contributed by atoms with E-state index in [4.69, 9.17) is 10.5 Å². The monoisotopic (exact) mass is 390 g/mol. The van der Waals surface area contributed by atoms with E-state index in [2.05, 4.69) is 5.32 Å². The zero-order valence-electron chi connectivity index (χ0n) is 15.0. The van der Waals surface area contributed by atoms with Gasteiger partial charge < -0.3 is 20.9 Å². The van der Waals surface area contributed by atoms with Crippen LogP contribution in [0, 0.1) is 5.82 Å². The summed E-state index contributed by atoms with van der Waals surface area (Å²) in [5.41, 5.74) is 5.54. The standard InChI is InChI=1S/C18H19FN4O5/c1-28-12-8-15(23(9-12)18(26)27)17(25)21-14-3-2-11(7-13(14)19)22-5-4-10(20)6-16(22)24/h2-7,12,15H,8-9,20H2,1H3,(H,21,25)(H,26,27)/t12-,15-/m1/s1. The van der Waals surface area contributed by atoms with Gasteiger partial charge in [0.05, 0.1) is 24.0 Å². The van der Waals surface area contributed by atoms with E-state index in [0.717, 1.165) is 11.0 Å². The van der Waals surface area contributed by atoms with E-state index in [9.17, 15) is 23.9 Å². The van der Waals surface area contributed by atoms with Gasteiger partial charge in [-0.2, -0.15) is 0 Å². The van der Waals surface area contributed by atoms with Crippen molar-refractivity contribution < 1.29 is 23.8 Å². The molecule has 0 saturated carbocycles. The van der Waals surface area contributed by atoms with Crippen molar-refractivity contribution in [3.05, 3.63) is 52.7 Å². The van der Waals surface area contributed by atoms with Crippen LogP contribution >= 0.6 is 0 Å². The van der Waals surface area contributed by atoms with E-state index in [1.165, 1.54) is 42.1 Å². The molecule has 10 heteroatoms. The largest absolute Gasteiger partial charge is 0.465 e. The van der Waals surface area contributed by atoms with Crippen LogP contribution in [0.1, 0.15) is 6.42 Å². The summed E-state index contributed by atoms with van der Waals surface area (Å²) in [7, 11) is 1.43. The van der Waals surface area contributed by atoms with Crippen LogP contribution in [0.4, 0.5) is 20.6 Å². The van der Waals surface area contributed by atoms with E-state index in [0.29, 0.717) is 5.69 Å². The second-order valence-corrected chi connectivity index (χ2v) is 6.37. The average molecular weight is 390 g/mol. The van der Waals surface area contributed by atoms with Gasteiger partial charge in [0.25, 0.3) is 5.56 Å². The molecule has 2 atom stereocenters. The Hall–Kier alpha value is -3.40. The molecule has 0 bridgehead atoms. The lowest BCUT2D eigenvalue weighted by atomic mass is 10.1. The third-order valence-electron chi connectivity index (χ3n) is 4.58. The number of nitrogens with one attached hydrogen (secondary N) is 1. The Morgan fingerprint density at radius 1 is 1.32 bits per heavy atom. The Bertz CT molecular complexity index is 977. The molecular formula is C18H19FN4O5. The highest BCUT2D eigenvalue weighted by atomic mass is 19.1. The first-order chi connectivity index (χ1) is 13.3. The maximum Gasteiger partial charge on any atom is 0.408 e. The van der Waals surface area contributed by atoms with Crippen LogP contribution in [0.3, 0.4) is 0 Å². The summed E-state index contributed by atoms with van der Waals surface area (Å²) >= 11 is 0. The molecule has 2 heterocycles. The molecule has 148 valence electrons. The van der Waals surface area contributed by atoms with E-state index >= 15 is 0 Å². The molecule has 4 N–H and O–H groups in total. The highest BCUT2D eigenvalue weighted by Gasteiger charge is 2.40. The van der Waals surface area contributed by atoms with Crippen LogP contribution < -0.4 is 16.6 Å². The van der Waals surface area contributed by atoms with E-state index in [1.54, 1.807) is 0 Å². The summed E-state index contributed by atoms with van der Waals surface area (Å²) < 4.78 is 20.8. The smallest absolute Gasteiger partial charge is 0.408 e. The second kappa shape index (κ2) is 7.69. The molecule has 1 aliphatic rings. The van der Waals surface area contributed by atoms with Crippen LogP contribution in [0.2, 0.25) is 0 Å². The number of ether oxygens (including phenoxy) is 1. The topological polar surface area (TPSA) is 127 Å². The molecule has 1 saturated heterocycles. The molecular weight excluding hydrogens is 371 g/mol. The summed E-state index contributed by atoms with van der Waals surface area (Å²) in [4.78, 5) is 36.7. The summed E-state index contributed by atoms with van der Waals surface area (Å²) in [6, 6.07) is 5.58. The quantitative estimate of drug-likeness (QED) is 0.721. The van der Waals surface area contributed by atoms with Crippen molar-refractivity contribution in [2.24, 2.45) is 0 Å². The number of amides is 2. The fourth-order valence-electron chi connectivity index (χ4n) is 3.11. The third-order valence-corrected chi connectivity index (χ3v) is 4.58. The van der Waals surface area contributed by atoms with Crippen molar-refractivity contribution in [1.82, 2.24) is 9.47 Å². The first-order valence-electron chi connectivity index (χ1n) is 8.41. The van der Waals surface area contributed by atoms with Crippen LogP contribution in [0.15, 0.2) is 41.3 Å². The van der Waals surface area contributed by atoms with Crippen molar-refractivity contribution in [3.63, 3.8) is 0 Å². The molecule has 28 heavy (non-hydrogen) atoms. The zero-order chi connectivity index (χ0) is 20.4. The molecule has 1 fully saturated rings. The minimum absolute atomic E-state index is 0.0609. The number of aromatic nitrogens is 1. The van der Waals surface area contributed by atoms with Gasteiger partial charge in [-0.25, -0.2) is 9.18 Å². The number of pyridine rings is 1. The lowest BCUT2D eigenvalue weighted by Crippen LogP contribution is -2.42. The molecule has 0 spiro atoms. The van der Waals surface area contributed by atoms with Gasteiger partial charge in [-0.15, -0.1) is 0 Å². The number of hydrogen-bond acceptors (Lipinski definition) is 5. The highest BCUT2D eigenvalue weighted by Crippen LogP contribution is 2.23. The molecule has 2 amide bonds. The Labute approximate surface area is 159 Å². The fraction of sp³-hybridized carbons (Fsp3) is 0.278. The summed E-state index contributed by atoms with van der Waals surface area (Å²) in [6.45, 7) is 0.0609. The number of likely N-dealkylation sites (tertiary alicyclic amines) is 1. The SMILES string of the molecule is CO[C@@H]1C[C@H](C(=O)Nc2ccc(-n3ccc(N)cc3=O)cc2F)N(C(=O)O)C1. The predicted molar refractivity (Wildman–Crippen MR) is 99.0 cm³/mol. The van der Waals surface area contributed by atoms with Gasteiger partial charge in [-0.05, 0) is 18.2 Å². The number of carbonyl (C=O) groups is 2. The number of nitrogens with two attached hydrogens (primary N) is 1. The average Bonchev–Trinajstić information content (AvgIpc) is 3.08. The molecule has 3 rings (SSSR count). The highest BCUT2D eigenvalue weighted by molar-refractivity contribution is 5.97. The van der Waals surface area contributed by atoms with Crippen LogP contribution in [0.5, 0.6) is 0 Å². The maximum absolute atomic E-state index is 14.5. The first-order valence-corrected chi connectivity index (χ1v) is 8.41. The Morgan fingerprint density at radius 2 is 2.07 bits per heavy atom. The van der Waals surface area contributed by atoms with Gasteiger partial charge in [0.15, 0.2) is 0 Å². The molecule has 0 aliphatic carbocycles. The molecule has 0 unspecified atom stereocenters. The molecule has 0 radical (unpaired) electrons. The summed E-state index contributed by atoms with van der Waals surface area (Å²) in [6.07, 6.45) is -0.0664. The van der Waals surface area contributed by atoms with Gasteiger partial charge >= 0.3 is 6.09 Å². The number of halogens is 1.